The van der Waals surface area contributed by atoms with Gasteiger partial charge in [-0.05, 0) is 35.4 Å². The highest BCUT2D eigenvalue weighted by Crippen LogP contribution is 2.36. The van der Waals surface area contributed by atoms with Crippen LogP contribution in [0.25, 0.3) is 78.1 Å². The Hall–Kier alpha value is -5.68. The summed E-state index contributed by atoms with van der Waals surface area (Å²) in [7, 11) is 0. The lowest BCUT2D eigenvalue weighted by atomic mass is 9.99. The predicted molar refractivity (Wildman–Crippen MR) is 164 cm³/mol. The van der Waals surface area contributed by atoms with E-state index in [1.165, 1.54) is 0 Å². The number of nitrogens with zero attached hydrogens (tertiary/aromatic N) is 4. The van der Waals surface area contributed by atoms with Gasteiger partial charge in [0.1, 0.15) is 5.58 Å². The minimum Gasteiger partial charge on any atom is -0.454 e. The minimum absolute atomic E-state index is 0.600. The molecule has 8 aromatic rings. The normalized spacial score (nSPS) is 11.4. The topological polar surface area (TPSA) is 64.7 Å². The van der Waals surface area contributed by atoms with E-state index in [4.69, 9.17) is 19.4 Å². The first-order chi connectivity index (χ1) is 20.3. The van der Waals surface area contributed by atoms with Crippen LogP contribution in [-0.2, 0) is 0 Å². The smallest absolute Gasteiger partial charge is 0.164 e. The van der Waals surface area contributed by atoms with Crippen LogP contribution in [0.2, 0.25) is 0 Å². The van der Waals surface area contributed by atoms with Gasteiger partial charge in [0.15, 0.2) is 23.1 Å². The molecular weight excluding hydrogens is 504 g/mol. The van der Waals surface area contributed by atoms with Gasteiger partial charge in [-0.3, -0.25) is 4.98 Å². The zero-order valence-electron chi connectivity index (χ0n) is 21.9. The molecule has 5 aromatic carbocycles. The summed E-state index contributed by atoms with van der Waals surface area (Å²) in [5.41, 5.74) is 7.43. The zero-order chi connectivity index (χ0) is 27.2. The maximum absolute atomic E-state index is 6.11. The molecule has 0 radical (unpaired) electrons. The van der Waals surface area contributed by atoms with Crippen molar-refractivity contribution in [1.29, 1.82) is 0 Å². The zero-order valence-corrected chi connectivity index (χ0v) is 21.9. The molecule has 0 aliphatic carbocycles. The average Bonchev–Trinajstić information content (AvgIpc) is 3.44. The molecule has 0 atom stereocenters. The maximum Gasteiger partial charge on any atom is 0.164 e. The molecule has 192 valence electrons. The summed E-state index contributed by atoms with van der Waals surface area (Å²) >= 11 is 0. The van der Waals surface area contributed by atoms with Gasteiger partial charge in [-0.1, -0.05) is 103 Å². The second-order valence-electron chi connectivity index (χ2n) is 9.91. The van der Waals surface area contributed by atoms with Crippen LogP contribution in [0.1, 0.15) is 0 Å². The van der Waals surface area contributed by atoms with Gasteiger partial charge in [-0.15, -0.1) is 0 Å². The third kappa shape index (κ3) is 4.03. The summed E-state index contributed by atoms with van der Waals surface area (Å²) in [5.74, 6) is 1.85. The van der Waals surface area contributed by atoms with Crippen molar-refractivity contribution < 1.29 is 4.42 Å². The first kappa shape index (κ1) is 23.2. The lowest BCUT2D eigenvalue weighted by molar-refractivity contribution is 0.667. The van der Waals surface area contributed by atoms with E-state index >= 15 is 0 Å². The van der Waals surface area contributed by atoms with Gasteiger partial charge in [-0.2, -0.15) is 0 Å². The molecule has 3 aromatic heterocycles. The lowest BCUT2D eigenvalue weighted by Gasteiger charge is -2.12. The standard InChI is InChI=1S/C36H22N4O/c1-3-11-23(12-4-1)26-15-7-8-16-27(26)36-39-34(24-13-5-2-6-14-24)38-35(40-36)25-19-20-30-29(21-25)33-28-17-9-10-18-31(28)41-32(33)22-37-30/h1-22H. The number of fused-ring (bicyclic) bond motifs is 5. The molecule has 0 N–H and O–H groups in total. The van der Waals surface area contributed by atoms with Crippen LogP contribution in [0.4, 0.5) is 0 Å². The largest absolute Gasteiger partial charge is 0.454 e. The Labute approximate surface area is 235 Å². The lowest BCUT2D eigenvalue weighted by Crippen LogP contribution is -2.01. The van der Waals surface area contributed by atoms with E-state index in [-0.39, 0.29) is 0 Å². The number of pyridine rings is 1. The summed E-state index contributed by atoms with van der Waals surface area (Å²) in [6, 6.07) is 42.9. The molecule has 0 bridgehead atoms. The Bertz CT molecular complexity index is 2210. The minimum atomic E-state index is 0.600. The molecule has 8 rings (SSSR count). The van der Waals surface area contributed by atoms with E-state index in [0.29, 0.717) is 17.5 Å². The van der Waals surface area contributed by atoms with Crippen LogP contribution in [0.15, 0.2) is 138 Å². The summed E-state index contributed by atoms with van der Waals surface area (Å²) in [5, 5.41) is 3.10. The molecule has 0 amide bonds. The van der Waals surface area contributed by atoms with E-state index in [1.807, 2.05) is 91.0 Å². The van der Waals surface area contributed by atoms with Gasteiger partial charge >= 0.3 is 0 Å². The molecule has 0 aliphatic heterocycles. The molecule has 0 aliphatic rings. The van der Waals surface area contributed by atoms with E-state index in [0.717, 1.165) is 60.7 Å². The second kappa shape index (κ2) is 9.50. The molecule has 0 unspecified atom stereocenters. The number of benzene rings is 5. The summed E-state index contributed by atoms with van der Waals surface area (Å²) < 4.78 is 6.11. The van der Waals surface area contributed by atoms with Gasteiger partial charge in [-0.25, -0.2) is 15.0 Å². The molecular formula is C36H22N4O. The number of hydrogen-bond donors (Lipinski definition) is 0. The predicted octanol–water partition coefficient (Wildman–Crippen LogP) is 8.99. The number of para-hydroxylation sites is 1. The van der Waals surface area contributed by atoms with Crippen molar-refractivity contribution in [1.82, 2.24) is 19.9 Å². The molecule has 0 saturated carbocycles. The Balaban J connectivity index is 1.38. The molecule has 3 heterocycles. The van der Waals surface area contributed by atoms with Crippen LogP contribution in [-0.4, -0.2) is 19.9 Å². The van der Waals surface area contributed by atoms with Crippen molar-refractivity contribution in [3.05, 3.63) is 134 Å². The van der Waals surface area contributed by atoms with E-state index < -0.39 is 0 Å². The van der Waals surface area contributed by atoms with Crippen LogP contribution >= 0.6 is 0 Å². The van der Waals surface area contributed by atoms with E-state index in [1.54, 1.807) is 6.20 Å². The Kier molecular flexibility index (Phi) is 5.38. The highest BCUT2D eigenvalue weighted by atomic mass is 16.3. The Morgan fingerprint density at radius 2 is 1.07 bits per heavy atom. The fourth-order valence-corrected chi connectivity index (χ4v) is 5.44. The van der Waals surface area contributed by atoms with Crippen LogP contribution < -0.4 is 0 Å². The van der Waals surface area contributed by atoms with E-state index in [9.17, 15) is 0 Å². The first-order valence-electron chi connectivity index (χ1n) is 13.5. The number of aromatic nitrogens is 4. The van der Waals surface area contributed by atoms with Crippen molar-refractivity contribution >= 4 is 32.8 Å². The fraction of sp³-hybridized carbons (Fsp3) is 0. The highest BCUT2D eigenvalue weighted by molar-refractivity contribution is 6.18. The molecule has 0 spiro atoms. The first-order valence-corrected chi connectivity index (χ1v) is 13.5. The summed E-state index contributed by atoms with van der Waals surface area (Å²) in [6.07, 6.45) is 1.80. The van der Waals surface area contributed by atoms with Gasteiger partial charge in [0.25, 0.3) is 0 Å². The van der Waals surface area contributed by atoms with Crippen molar-refractivity contribution in [3.63, 3.8) is 0 Å². The summed E-state index contributed by atoms with van der Waals surface area (Å²) in [6.45, 7) is 0. The monoisotopic (exact) mass is 526 g/mol. The van der Waals surface area contributed by atoms with Crippen molar-refractivity contribution in [2.24, 2.45) is 0 Å². The van der Waals surface area contributed by atoms with Crippen LogP contribution in [0, 0.1) is 0 Å². The Morgan fingerprint density at radius 1 is 0.439 bits per heavy atom. The number of rotatable bonds is 4. The van der Waals surface area contributed by atoms with Gasteiger partial charge in [0.05, 0.1) is 11.7 Å². The second-order valence-corrected chi connectivity index (χ2v) is 9.91. The quantitative estimate of drug-likeness (QED) is 0.229. The number of hydrogen-bond acceptors (Lipinski definition) is 5. The van der Waals surface area contributed by atoms with Crippen molar-refractivity contribution in [2.45, 2.75) is 0 Å². The van der Waals surface area contributed by atoms with Gasteiger partial charge in [0, 0.05) is 32.8 Å². The molecule has 0 fully saturated rings. The van der Waals surface area contributed by atoms with Gasteiger partial charge < -0.3 is 4.42 Å². The molecule has 5 nitrogen and oxygen atoms in total. The molecule has 0 saturated heterocycles. The van der Waals surface area contributed by atoms with Gasteiger partial charge in [0.2, 0.25) is 0 Å². The summed E-state index contributed by atoms with van der Waals surface area (Å²) in [4.78, 5) is 19.7. The third-order valence-electron chi connectivity index (χ3n) is 7.39. The fourth-order valence-electron chi connectivity index (χ4n) is 5.44. The van der Waals surface area contributed by atoms with Crippen LogP contribution in [0.5, 0.6) is 0 Å². The maximum atomic E-state index is 6.11. The average molecular weight is 527 g/mol. The third-order valence-corrected chi connectivity index (χ3v) is 7.39. The highest BCUT2D eigenvalue weighted by Gasteiger charge is 2.17. The number of furan rings is 1. The SMILES string of the molecule is c1ccc(-c2nc(-c3ccc4ncc5oc6ccccc6c5c4c3)nc(-c3ccccc3-c3ccccc3)n2)cc1. The van der Waals surface area contributed by atoms with E-state index in [2.05, 4.69) is 41.4 Å². The van der Waals surface area contributed by atoms with Crippen molar-refractivity contribution in [2.75, 3.05) is 0 Å². The molecule has 5 heteroatoms. The molecule has 41 heavy (non-hydrogen) atoms. The van der Waals surface area contributed by atoms with Crippen molar-refractivity contribution in [3.8, 4) is 45.3 Å². The Morgan fingerprint density at radius 3 is 1.88 bits per heavy atom. The van der Waals surface area contributed by atoms with Crippen LogP contribution in [0.3, 0.4) is 0 Å².